The first-order chi connectivity index (χ1) is 14.9. The molecule has 4 rings (SSSR count). The molecule has 2 aromatic carbocycles. The summed E-state index contributed by atoms with van der Waals surface area (Å²) < 4.78 is 2.33. The van der Waals surface area contributed by atoms with Crippen LogP contribution in [0.3, 0.4) is 0 Å². The van der Waals surface area contributed by atoms with Crippen LogP contribution in [0, 0.1) is 6.92 Å². The van der Waals surface area contributed by atoms with Gasteiger partial charge < -0.3 is 0 Å². The van der Waals surface area contributed by atoms with Crippen LogP contribution in [0.25, 0.3) is 22.0 Å². The van der Waals surface area contributed by atoms with E-state index in [0.717, 1.165) is 18.4 Å². The summed E-state index contributed by atoms with van der Waals surface area (Å²) in [6.07, 6.45) is 11.6. The quantitative estimate of drug-likeness (QED) is 0.303. The Hall–Kier alpha value is -1.93. The van der Waals surface area contributed by atoms with Crippen molar-refractivity contribution in [1.82, 2.24) is 0 Å². The van der Waals surface area contributed by atoms with Gasteiger partial charge in [-0.3, -0.25) is 0 Å². The first-order valence-electron chi connectivity index (χ1n) is 12.4. The predicted molar refractivity (Wildman–Crippen MR) is 138 cm³/mol. The molecule has 0 N–H and O–H groups in total. The van der Waals surface area contributed by atoms with Crippen molar-refractivity contribution in [3.05, 3.63) is 59.3 Å². The van der Waals surface area contributed by atoms with E-state index in [1.165, 1.54) is 70.8 Å². The zero-order valence-electron chi connectivity index (χ0n) is 20.5. The highest BCUT2D eigenvalue weighted by Crippen LogP contribution is 2.37. The van der Waals surface area contributed by atoms with Crippen molar-refractivity contribution in [1.29, 1.82) is 0 Å². The molecule has 1 aliphatic carbocycles. The number of rotatable bonds is 5. The molecule has 0 saturated heterocycles. The molecule has 1 nitrogen and oxygen atoms in total. The minimum atomic E-state index is -1.45. The summed E-state index contributed by atoms with van der Waals surface area (Å²) in [7, 11) is 0.748. The van der Waals surface area contributed by atoms with E-state index in [2.05, 4.69) is 88.1 Å². The summed E-state index contributed by atoms with van der Waals surface area (Å²) in [5, 5.41) is 4.43. The Labute approximate surface area is 190 Å². The molecule has 0 radical (unpaired) electrons. The molecule has 0 amide bonds. The Bertz CT molecular complexity index is 1090. The van der Waals surface area contributed by atoms with Crippen LogP contribution in [0.15, 0.2) is 42.6 Å². The molecular formula is C29H40NSi+. The lowest BCUT2D eigenvalue weighted by atomic mass is 9.92. The lowest BCUT2D eigenvalue weighted by Gasteiger charge is -2.36. The summed E-state index contributed by atoms with van der Waals surface area (Å²) in [6.45, 7) is 12.1. The molecule has 1 aliphatic rings. The second-order valence-electron chi connectivity index (χ2n) is 10.3. The zero-order valence-corrected chi connectivity index (χ0v) is 21.5. The van der Waals surface area contributed by atoms with E-state index in [1.807, 2.05) is 0 Å². The van der Waals surface area contributed by atoms with E-state index in [9.17, 15) is 0 Å². The van der Waals surface area contributed by atoms with Gasteiger partial charge >= 0.3 is 0 Å². The molecule has 1 aromatic heterocycles. The first kappa shape index (κ1) is 22.3. The average Bonchev–Trinajstić information content (AvgIpc) is 2.79. The van der Waals surface area contributed by atoms with Crippen molar-refractivity contribution in [3.8, 4) is 11.3 Å². The summed E-state index contributed by atoms with van der Waals surface area (Å²) >= 11 is 0. The first-order valence-corrected chi connectivity index (χ1v) is 15.5. The Balaban J connectivity index is 1.86. The summed E-state index contributed by atoms with van der Waals surface area (Å²) in [5.74, 6) is 0. The number of benzene rings is 2. The van der Waals surface area contributed by atoms with Crippen LogP contribution in [0.2, 0.25) is 18.6 Å². The van der Waals surface area contributed by atoms with Gasteiger partial charge in [-0.15, -0.1) is 0 Å². The van der Waals surface area contributed by atoms with Crippen LogP contribution in [-0.4, -0.2) is 8.07 Å². The van der Waals surface area contributed by atoms with E-state index in [4.69, 9.17) is 0 Å². The average molecular weight is 431 g/mol. The van der Waals surface area contributed by atoms with Crippen molar-refractivity contribution in [2.45, 2.75) is 84.4 Å². The maximum Gasteiger partial charge on any atom is 0.220 e. The molecule has 2 heteroatoms. The van der Waals surface area contributed by atoms with Crippen LogP contribution in [-0.2, 0) is 19.9 Å². The SMILES string of the molecule is CCc1cc(CC)c(C)c(-c2c3ccc([Si](C)(C)C4CCCCC4)cc3cc[n+]2C)c1. The molecule has 0 bridgehead atoms. The largest absolute Gasteiger partial charge is 0.220 e. The van der Waals surface area contributed by atoms with Crippen LogP contribution < -0.4 is 9.75 Å². The van der Waals surface area contributed by atoms with Gasteiger partial charge in [-0.2, -0.15) is 0 Å². The van der Waals surface area contributed by atoms with Gasteiger partial charge in [0, 0.05) is 6.07 Å². The molecule has 0 atom stereocenters. The fraction of sp³-hybridized carbons (Fsp3) is 0.483. The zero-order chi connectivity index (χ0) is 22.2. The molecule has 1 saturated carbocycles. The van der Waals surface area contributed by atoms with E-state index in [0.29, 0.717) is 0 Å². The van der Waals surface area contributed by atoms with Crippen LogP contribution in [0.4, 0.5) is 0 Å². The fourth-order valence-corrected chi connectivity index (χ4v) is 9.19. The van der Waals surface area contributed by atoms with Gasteiger partial charge in [0.1, 0.15) is 7.05 Å². The standard InChI is InChI=1S/C29H40NSi/c1-7-22-18-23(8-2)21(3)28(19-22)29-27-15-14-26(20-24(27)16-17-30(29)4)31(5,6)25-12-10-9-11-13-25/h14-20,25H,7-13H2,1-6H3/q+1. The molecule has 31 heavy (non-hydrogen) atoms. The second kappa shape index (κ2) is 8.90. The topological polar surface area (TPSA) is 3.88 Å². The maximum atomic E-state index is 2.61. The van der Waals surface area contributed by atoms with E-state index >= 15 is 0 Å². The van der Waals surface area contributed by atoms with Crippen molar-refractivity contribution in [2.24, 2.45) is 7.05 Å². The van der Waals surface area contributed by atoms with Gasteiger partial charge in [-0.25, -0.2) is 4.57 Å². The number of aryl methyl sites for hydroxylation is 3. The van der Waals surface area contributed by atoms with Crippen molar-refractivity contribution in [2.75, 3.05) is 0 Å². The van der Waals surface area contributed by atoms with Gasteiger partial charge in [0.15, 0.2) is 6.20 Å². The number of hydrogen-bond acceptors (Lipinski definition) is 0. The number of nitrogens with zero attached hydrogens (tertiary/aromatic N) is 1. The molecule has 164 valence electrons. The van der Waals surface area contributed by atoms with Gasteiger partial charge in [-0.1, -0.05) is 82.4 Å². The summed E-state index contributed by atoms with van der Waals surface area (Å²) in [4.78, 5) is 0. The van der Waals surface area contributed by atoms with E-state index in [-0.39, 0.29) is 0 Å². The van der Waals surface area contributed by atoms with Crippen molar-refractivity contribution >= 4 is 24.0 Å². The Kier molecular flexibility index (Phi) is 6.39. The highest BCUT2D eigenvalue weighted by atomic mass is 28.3. The molecular weight excluding hydrogens is 390 g/mol. The predicted octanol–water partition coefficient (Wildman–Crippen LogP) is 7.01. The molecule has 1 heterocycles. The minimum Gasteiger partial charge on any atom is -0.200 e. The van der Waals surface area contributed by atoms with Crippen LogP contribution >= 0.6 is 0 Å². The Morgan fingerprint density at radius 3 is 2.35 bits per heavy atom. The third kappa shape index (κ3) is 4.12. The second-order valence-corrected chi connectivity index (χ2v) is 15.1. The van der Waals surface area contributed by atoms with Crippen LogP contribution in [0.5, 0.6) is 0 Å². The normalized spacial score (nSPS) is 15.5. The highest BCUT2D eigenvalue weighted by molar-refractivity contribution is 6.91. The minimum absolute atomic E-state index is 0.939. The smallest absolute Gasteiger partial charge is 0.200 e. The van der Waals surface area contributed by atoms with E-state index in [1.54, 1.807) is 5.19 Å². The monoisotopic (exact) mass is 430 g/mol. The number of pyridine rings is 1. The maximum absolute atomic E-state index is 2.61. The number of fused-ring (bicyclic) bond motifs is 1. The number of hydrogen-bond donors (Lipinski definition) is 0. The molecule has 0 unspecified atom stereocenters. The van der Waals surface area contributed by atoms with Gasteiger partial charge in [0.25, 0.3) is 0 Å². The Morgan fingerprint density at radius 2 is 1.68 bits per heavy atom. The lowest BCUT2D eigenvalue weighted by Crippen LogP contribution is -2.46. The third-order valence-electron chi connectivity index (χ3n) is 8.13. The molecule has 3 aromatic rings. The van der Waals surface area contributed by atoms with E-state index < -0.39 is 8.07 Å². The highest BCUT2D eigenvalue weighted by Gasteiger charge is 2.34. The summed E-state index contributed by atoms with van der Waals surface area (Å²) in [6, 6.07) is 14.6. The van der Waals surface area contributed by atoms with Gasteiger partial charge in [0.2, 0.25) is 5.69 Å². The van der Waals surface area contributed by atoms with Crippen LogP contribution in [0.1, 0.15) is 62.6 Å². The van der Waals surface area contributed by atoms with Gasteiger partial charge in [-0.05, 0) is 59.5 Å². The van der Waals surface area contributed by atoms with Gasteiger partial charge in [0.05, 0.1) is 19.0 Å². The summed E-state index contributed by atoms with van der Waals surface area (Å²) in [5.41, 5.74) is 8.06. The van der Waals surface area contributed by atoms with Crippen molar-refractivity contribution in [3.63, 3.8) is 0 Å². The fourth-order valence-electron chi connectivity index (χ4n) is 5.83. The molecule has 0 spiro atoms. The molecule has 1 fully saturated rings. The van der Waals surface area contributed by atoms with Crippen molar-refractivity contribution < 1.29 is 4.57 Å². The molecule has 0 aliphatic heterocycles. The Morgan fingerprint density at radius 1 is 0.935 bits per heavy atom. The number of aromatic nitrogens is 1. The lowest BCUT2D eigenvalue weighted by molar-refractivity contribution is -0.659. The third-order valence-corrected chi connectivity index (χ3v) is 12.5.